The predicted octanol–water partition coefficient (Wildman–Crippen LogP) is 2.58. The molecule has 1 saturated carbocycles. The highest BCUT2D eigenvalue weighted by atomic mass is 16.2. The molecule has 1 aliphatic carbocycles. The van der Waals surface area contributed by atoms with Crippen molar-refractivity contribution in [2.45, 2.75) is 72.3 Å². The van der Waals surface area contributed by atoms with Gasteiger partial charge in [-0.1, -0.05) is 13.8 Å². The van der Waals surface area contributed by atoms with Gasteiger partial charge in [-0.05, 0) is 63.7 Å². The third kappa shape index (κ3) is 6.43. The molecule has 0 aromatic carbocycles. The van der Waals surface area contributed by atoms with E-state index in [0.29, 0.717) is 23.8 Å². The van der Waals surface area contributed by atoms with Crippen molar-refractivity contribution in [2.75, 3.05) is 52.4 Å². The maximum Gasteiger partial charge on any atom is 0.236 e. The number of carbonyl (C=O) groups excluding carboxylic acids is 2. The number of carbonyl (C=O) groups is 2. The minimum Gasteiger partial charge on any atom is -0.354 e. The van der Waals surface area contributed by atoms with E-state index in [-0.39, 0.29) is 17.9 Å². The van der Waals surface area contributed by atoms with E-state index in [1.165, 1.54) is 0 Å². The molecule has 0 bridgehead atoms. The largest absolute Gasteiger partial charge is 0.354 e. The molecule has 1 N–H and O–H groups in total. The Bertz CT molecular complexity index is 566. The Balaban J connectivity index is 1.37. The maximum absolute atomic E-state index is 12.9. The molecule has 2 amide bonds. The van der Waals surface area contributed by atoms with Gasteiger partial charge in [0.1, 0.15) is 0 Å². The summed E-state index contributed by atoms with van der Waals surface area (Å²) in [5.74, 6) is 1.44. The van der Waals surface area contributed by atoms with Gasteiger partial charge in [-0.25, -0.2) is 0 Å². The number of nitrogens with one attached hydrogen (secondary N) is 1. The van der Waals surface area contributed by atoms with Crippen LogP contribution in [0.3, 0.4) is 0 Å². The highest BCUT2D eigenvalue weighted by molar-refractivity contribution is 5.79. The van der Waals surface area contributed by atoms with E-state index in [1.807, 2.05) is 13.8 Å². The quantitative estimate of drug-likeness (QED) is 0.718. The van der Waals surface area contributed by atoms with Crippen LogP contribution in [0.15, 0.2) is 0 Å². The lowest BCUT2D eigenvalue weighted by Gasteiger charge is -2.46. The van der Waals surface area contributed by atoms with Gasteiger partial charge in [0.2, 0.25) is 11.8 Å². The van der Waals surface area contributed by atoms with Crippen molar-refractivity contribution in [2.24, 2.45) is 17.3 Å². The number of piperidine rings is 1. The van der Waals surface area contributed by atoms with Crippen LogP contribution in [-0.2, 0) is 9.59 Å². The number of amides is 2. The number of nitrogens with zero attached hydrogens (tertiary/aromatic N) is 3. The summed E-state index contributed by atoms with van der Waals surface area (Å²) >= 11 is 0. The van der Waals surface area contributed by atoms with Crippen molar-refractivity contribution >= 4 is 11.8 Å². The Morgan fingerprint density at radius 2 is 1.43 bits per heavy atom. The number of hydrogen-bond donors (Lipinski definition) is 1. The summed E-state index contributed by atoms with van der Waals surface area (Å²) in [7, 11) is 0. The highest BCUT2D eigenvalue weighted by Gasteiger charge is 2.40. The molecule has 6 heteroatoms. The number of likely N-dealkylation sites (tertiary alicyclic amines) is 1. The summed E-state index contributed by atoms with van der Waals surface area (Å²) in [6.07, 6.45) is 6.52. The van der Waals surface area contributed by atoms with Gasteiger partial charge in [-0.3, -0.25) is 14.5 Å². The average Bonchev–Trinajstić information content (AvgIpc) is 2.69. The Kier molecular flexibility index (Phi) is 8.19. The molecule has 2 heterocycles. The standard InChI is InChI=1S/C24H44N4O2/c1-19(2)17-26-13-15-27(16-14-26)18-22(29)28-11-9-24(10-12-28)7-5-21(6-8-24)23(30)25-20(3)4/h19-21H,5-18H2,1-4H3,(H,25,30). The number of piperazine rings is 1. The molecule has 30 heavy (non-hydrogen) atoms. The van der Waals surface area contributed by atoms with Crippen LogP contribution in [-0.4, -0.2) is 84.9 Å². The summed E-state index contributed by atoms with van der Waals surface area (Å²) in [6, 6.07) is 0.223. The van der Waals surface area contributed by atoms with Gasteiger partial charge in [0.15, 0.2) is 0 Å². The zero-order valence-corrected chi connectivity index (χ0v) is 19.8. The predicted molar refractivity (Wildman–Crippen MR) is 121 cm³/mol. The molecule has 0 atom stereocenters. The Labute approximate surface area is 183 Å². The van der Waals surface area contributed by atoms with E-state index in [2.05, 4.69) is 33.9 Å². The first-order valence-electron chi connectivity index (χ1n) is 12.3. The average molecular weight is 421 g/mol. The first kappa shape index (κ1) is 23.5. The first-order chi connectivity index (χ1) is 14.3. The van der Waals surface area contributed by atoms with Gasteiger partial charge in [0, 0.05) is 57.8 Å². The van der Waals surface area contributed by atoms with Gasteiger partial charge in [0.05, 0.1) is 6.54 Å². The molecule has 6 nitrogen and oxygen atoms in total. The maximum atomic E-state index is 12.9. The summed E-state index contributed by atoms with van der Waals surface area (Å²) in [5.41, 5.74) is 0.369. The lowest BCUT2D eigenvalue weighted by molar-refractivity contribution is -0.136. The van der Waals surface area contributed by atoms with E-state index >= 15 is 0 Å². The van der Waals surface area contributed by atoms with E-state index in [0.717, 1.165) is 84.3 Å². The van der Waals surface area contributed by atoms with Crippen LogP contribution in [0.4, 0.5) is 0 Å². The molecule has 172 valence electrons. The molecular weight excluding hydrogens is 376 g/mol. The van der Waals surface area contributed by atoms with Crippen LogP contribution < -0.4 is 5.32 Å². The minimum atomic E-state index is 0.187. The van der Waals surface area contributed by atoms with Crippen molar-refractivity contribution in [1.29, 1.82) is 0 Å². The lowest BCUT2D eigenvalue weighted by Crippen LogP contribution is -2.52. The Morgan fingerprint density at radius 3 is 1.97 bits per heavy atom. The summed E-state index contributed by atoms with van der Waals surface area (Å²) < 4.78 is 0. The normalized spacial score (nSPS) is 24.0. The first-order valence-corrected chi connectivity index (χ1v) is 12.3. The zero-order valence-electron chi connectivity index (χ0n) is 19.8. The van der Waals surface area contributed by atoms with E-state index < -0.39 is 0 Å². The summed E-state index contributed by atoms with van der Waals surface area (Å²) in [6.45, 7) is 16.3. The van der Waals surface area contributed by atoms with Crippen molar-refractivity contribution in [1.82, 2.24) is 20.0 Å². The van der Waals surface area contributed by atoms with Crippen molar-refractivity contribution in [3.63, 3.8) is 0 Å². The van der Waals surface area contributed by atoms with E-state index in [4.69, 9.17) is 0 Å². The van der Waals surface area contributed by atoms with Gasteiger partial charge < -0.3 is 15.1 Å². The monoisotopic (exact) mass is 420 g/mol. The fourth-order valence-electron chi connectivity index (χ4n) is 5.56. The number of hydrogen-bond acceptors (Lipinski definition) is 4. The SMILES string of the molecule is CC(C)CN1CCN(CC(=O)N2CCC3(CCC(C(=O)NC(C)C)CC3)CC2)CC1. The second-order valence-corrected chi connectivity index (χ2v) is 10.8. The van der Waals surface area contributed by atoms with Crippen molar-refractivity contribution in [3.05, 3.63) is 0 Å². The third-order valence-electron chi connectivity index (χ3n) is 7.47. The fraction of sp³-hybridized carbons (Fsp3) is 0.917. The van der Waals surface area contributed by atoms with Gasteiger partial charge in [-0.15, -0.1) is 0 Å². The number of rotatable bonds is 6. The molecule has 0 aromatic rings. The van der Waals surface area contributed by atoms with Crippen LogP contribution in [0.2, 0.25) is 0 Å². The van der Waals surface area contributed by atoms with Gasteiger partial charge in [0.25, 0.3) is 0 Å². The van der Waals surface area contributed by atoms with E-state index in [9.17, 15) is 9.59 Å². The molecular formula is C24H44N4O2. The summed E-state index contributed by atoms with van der Waals surface area (Å²) in [4.78, 5) is 32.1. The second-order valence-electron chi connectivity index (χ2n) is 10.8. The molecule has 2 aliphatic heterocycles. The zero-order chi connectivity index (χ0) is 21.7. The van der Waals surface area contributed by atoms with Gasteiger partial charge >= 0.3 is 0 Å². The topological polar surface area (TPSA) is 55.9 Å². The van der Waals surface area contributed by atoms with Crippen LogP contribution in [0, 0.1) is 17.3 Å². The molecule has 3 aliphatic rings. The summed E-state index contributed by atoms with van der Waals surface area (Å²) in [5, 5.41) is 3.08. The smallest absolute Gasteiger partial charge is 0.236 e. The van der Waals surface area contributed by atoms with Crippen LogP contribution in [0.1, 0.15) is 66.2 Å². The molecule has 0 aromatic heterocycles. The van der Waals surface area contributed by atoms with Gasteiger partial charge in [-0.2, -0.15) is 0 Å². The van der Waals surface area contributed by atoms with E-state index in [1.54, 1.807) is 0 Å². The second kappa shape index (κ2) is 10.4. The molecule has 3 rings (SSSR count). The van der Waals surface area contributed by atoms with Crippen molar-refractivity contribution < 1.29 is 9.59 Å². The molecule has 0 unspecified atom stereocenters. The lowest BCUT2D eigenvalue weighted by atomic mass is 9.65. The molecule has 3 fully saturated rings. The fourth-order valence-corrected chi connectivity index (χ4v) is 5.56. The molecule has 1 spiro atoms. The van der Waals surface area contributed by atoms with Crippen LogP contribution in [0.5, 0.6) is 0 Å². The Morgan fingerprint density at radius 1 is 0.867 bits per heavy atom. The minimum absolute atomic E-state index is 0.187. The van der Waals surface area contributed by atoms with Crippen LogP contribution >= 0.6 is 0 Å². The van der Waals surface area contributed by atoms with Crippen LogP contribution in [0.25, 0.3) is 0 Å². The molecule has 0 radical (unpaired) electrons. The molecule has 2 saturated heterocycles. The highest BCUT2D eigenvalue weighted by Crippen LogP contribution is 2.46. The van der Waals surface area contributed by atoms with Crippen molar-refractivity contribution in [3.8, 4) is 0 Å². The Hall–Kier alpha value is -1.14. The third-order valence-corrected chi connectivity index (χ3v) is 7.47.